The number of nitrogens with two attached hydrogens (primary N) is 1. The highest BCUT2D eigenvalue weighted by molar-refractivity contribution is 5.68. The van der Waals surface area contributed by atoms with Crippen LogP contribution in [-0.4, -0.2) is 30.7 Å². The first kappa shape index (κ1) is 11.7. The number of morpholine rings is 1. The number of hydrogen-bond acceptors (Lipinski definition) is 5. The van der Waals surface area contributed by atoms with Crippen molar-refractivity contribution >= 4 is 17.1 Å². The maximum atomic E-state index is 11.0. The van der Waals surface area contributed by atoms with Gasteiger partial charge in [0.05, 0.1) is 17.6 Å². The van der Waals surface area contributed by atoms with Gasteiger partial charge in [0.2, 0.25) is 0 Å². The first-order valence-electron chi connectivity index (χ1n) is 5.48. The predicted molar refractivity (Wildman–Crippen MR) is 65.1 cm³/mol. The second-order valence-electron chi connectivity index (χ2n) is 4.13. The van der Waals surface area contributed by atoms with Crippen LogP contribution in [0.25, 0.3) is 0 Å². The first-order chi connectivity index (χ1) is 8.08. The third kappa shape index (κ3) is 2.47. The Morgan fingerprint density at radius 2 is 2.35 bits per heavy atom. The second-order valence-corrected chi connectivity index (χ2v) is 4.13. The van der Waals surface area contributed by atoms with Crippen LogP contribution in [0.3, 0.4) is 0 Å². The van der Waals surface area contributed by atoms with Gasteiger partial charge in [-0.15, -0.1) is 0 Å². The fraction of sp³-hybridized carbons (Fsp3) is 0.455. The lowest BCUT2D eigenvalue weighted by Gasteiger charge is -2.32. The number of nitro benzene ring substituents is 1. The largest absolute Gasteiger partial charge is 0.399 e. The molecule has 6 heteroatoms. The van der Waals surface area contributed by atoms with Crippen molar-refractivity contribution in [2.45, 2.75) is 13.0 Å². The molecule has 1 unspecified atom stereocenters. The summed E-state index contributed by atoms with van der Waals surface area (Å²) in [5.74, 6) is 0. The Morgan fingerprint density at radius 3 is 3.00 bits per heavy atom. The molecular formula is C11H15N3O3. The van der Waals surface area contributed by atoms with Gasteiger partial charge in [-0.2, -0.15) is 0 Å². The van der Waals surface area contributed by atoms with Crippen molar-refractivity contribution < 1.29 is 9.66 Å². The topological polar surface area (TPSA) is 81.6 Å². The number of nitrogens with zero attached hydrogens (tertiary/aromatic N) is 2. The molecule has 2 rings (SSSR count). The van der Waals surface area contributed by atoms with Gasteiger partial charge in [0.15, 0.2) is 0 Å². The third-order valence-corrected chi connectivity index (χ3v) is 2.78. The van der Waals surface area contributed by atoms with Gasteiger partial charge < -0.3 is 15.4 Å². The van der Waals surface area contributed by atoms with E-state index in [1.54, 1.807) is 12.1 Å². The van der Waals surface area contributed by atoms with Gasteiger partial charge >= 0.3 is 0 Å². The average Bonchev–Trinajstić information content (AvgIpc) is 2.28. The molecule has 0 amide bonds. The molecule has 1 atom stereocenters. The van der Waals surface area contributed by atoms with E-state index >= 15 is 0 Å². The van der Waals surface area contributed by atoms with Crippen molar-refractivity contribution in [2.24, 2.45) is 0 Å². The number of hydrogen-bond donors (Lipinski definition) is 1. The van der Waals surface area contributed by atoms with E-state index in [0.717, 1.165) is 0 Å². The Labute approximate surface area is 99.1 Å². The molecule has 92 valence electrons. The van der Waals surface area contributed by atoms with E-state index in [4.69, 9.17) is 10.5 Å². The number of nitro groups is 1. The van der Waals surface area contributed by atoms with Gasteiger partial charge in [-0.25, -0.2) is 0 Å². The first-order valence-corrected chi connectivity index (χ1v) is 5.48. The summed E-state index contributed by atoms with van der Waals surface area (Å²) in [7, 11) is 0. The Bertz CT molecular complexity index is 436. The van der Waals surface area contributed by atoms with E-state index < -0.39 is 0 Å². The molecule has 1 aromatic carbocycles. The van der Waals surface area contributed by atoms with Crippen molar-refractivity contribution in [3.8, 4) is 0 Å². The zero-order chi connectivity index (χ0) is 12.4. The normalized spacial score (nSPS) is 20.3. The number of benzene rings is 1. The summed E-state index contributed by atoms with van der Waals surface area (Å²) in [4.78, 5) is 12.5. The maximum absolute atomic E-state index is 11.0. The van der Waals surface area contributed by atoms with Crippen LogP contribution in [0.4, 0.5) is 17.1 Å². The van der Waals surface area contributed by atoms with Gasteiger partial charge in [0.1, 0.15) is 5.69 Å². The lowest BCUT2D eigenvalue weighted by molar-refractivity contribution is -0.384. The van der Waals surface area contributed by atoms with Crippen LogP contribution < -0.4 is 10.6 Å². The molecule has 1 aliphatic heterocycles. The van der Waals surface area contributed by atoms with Gasteiger partial charge in [-0.05, 0) is 19.1 Å². The monoisotopic (exact) mass is 237 g/mol. The molecule has 0 bridgehead atoms. The van der Waals surface area contributed by atoms with Gasteiger partial charge in [0.25, 0.3) is 5.69 Å². The number of ether oxygens (including phenoxy) is 1. The number of nitrogen functional groups attached to an aromatic ring is 1. The molecule has 0 spiro atoms. The molecule has 1 aliphatic rings. The molecule has 1 fully saturated rings. The van der Waals surface area contributed by atoms with Crippen molar-refractivity contribution in [3.05, 3.63) is 28.3 Å². The fourth-order valence-electron chi connectivity index (χ4n) is 1.99. The molecule has 17 heavy (non-hydrogen) atoms. The Balaban J connectivity index is 2.35. The summed E-state index contributed by atoms with van der Waals surface area (Å²) in [5, 5.41) is 11.0. The second kappa shape index (κ2) is 4.58. The molecule has 0 aromatic heterocycles. The van der Waals surface area contributed by atoms with Gasteiger partial charge in [0, 0.05) is 24.8 Å². The van der Waals surface area contributed by atoms with Gasteiger partial charge in [-0.3, -0.25) is 10.1 Å². The summed E-state index contributed by atoms with van der Waals surface area (Å²) in [5.41, 5.74) is 6.89. The van der Waals surface area contributed by atoms with E-state index in [1.165, 1.54) is 6.07 Å². The minimum Gasteiger partial charge on any atom is -0.399 e. The summed E-state index contributed by atoms with van der Waals surface area (Å²) >= 11 is 0. The summed E-state index contributed by atoms with van der Waals surface area (Å²) in [6, 6.07) is 4.65. The molecule has 2 N–H and O–H groups in total. The Morgan fingerprint density at radius 1 is 1.59 bits per heavy atom. The summed E-state index contributed by atoms with van der Waals surface area (Å²) in [6.45, 7) is 3.82. The van der Waals surface area contributed by atoms with Crippen LogP contribution in [0.2, 0.25) is 0 Å². The van der Waals surface area contributed by atoms with Crippen LogP contribution in [0.1, 0.15) is 6.92 Å². The highest BCUT2D eigenvalue weighted by Gasteiger charge is 2.24. The predicted octanol–water partition coefficient (Wildman–Crippen LogP) is 1.40. The molecule has 1 saturated heterocycles. The smallest absolute Gasteiger partial charge is 0.292 e. The van der Waals surface area contributed by atoms with Crippen LogP contribution in [0, 0.1) is 10.1 Å². The molecule has 0 aliphatic carbocycles. The zero-order valence-corrected chi connectivity index (χ0v) is 9.63. The van der Waals surface area contributed by atoms with E-state index in [1.807, 2.05) is 11.8 Å². The van der Waals surface area contributed by atoms with Crippen LogP contribution in [0.15, 0.2) is 18.2 Å². The third-order valence-electron chi connectivity index (χ3n) is 2.78. The average molecular weight is 237 g/mol. The fourth-order valence-corrected chi connectivity index (χ4v) is 1.99. The van der Waals surface area contributed by atoms with Crippen molar-refractivity contribution in [1.82, 2.24) is 0 Å². The quantitative estimate of drug-likeness (QED) is 0.477. The van der Waals surface area contributed by atoms with Gasteiger partial charge in [-0.1, -0.05) is 0 Å². The molecule has 0 saturated carbocycles. The van der Waals surface area contributed by atoms with Crippen LogP contribution in [-0.2, 0) is 4.74 Å². The number of rotatable bonds is 2. The SMILES string of the molecule is CC1CN(c2cc(N)ccc2[N+](=O)[O-])CCO1. The van der Waals surface area contributed by atoms with Crippen molar-refractivity contribution in [2.75, 3.05) is 30.3 Å². The lowest BCUT2D eigenvalue weighted by atomic mass is 10.2. The molecule has 6 nitrogen and oxygen atoms in total. The summed E-state index contributed by atoms with van der Waals surface area (Å²) < 4.78 is 5.42. The molecule has 1 heterocycles. The summed E-state index contributed by atoms with van der Waals surface area (Å²) in [6.07, 6.45) is 0.0739. The van der Waals surface area contributed by atoms with E-state index in [9.17, 15) is 10.1 Å². The zero-order valence-electron chi connectivity index (χ0n) is 9.63. The van der Waals surface area contributed by atoms with Crippen LogP contribution >= 0.6 is 0 Å². The highest BCUT2D eigenvalue weighted by Crippen LogP contribution is 2.31. The molecular weight excluding hydrogens is 222 g/mol. The lowest BCUT2D eigenvalue weighted by Crippen LogP contribution is -2.41. The van der Waals surface area contributed by atoms with E-state index in [-0.39, 0.29) is 16.7 Å². The molecule has 1 aromatic rings. The minimum absolute atomic E-state index is 0.0739. The Kier molecular flexibility index (Phi) is 3.14. The van der Waals surface area contributed by atoms with E-state index in [0.29, 0.717) is 31.1 Å². The van der Waals surface area contributed by atoms with E-state index in [2.05, 4.69) is 0 Å². The molecule has 0 radical (unpaired) electrons. The number of anilines is 2. The minimum atomic E-state index is -0.380. The standard InChI is InChI=1S/C11H15N3O3/c1-8-7-13(4-5-17-8)11-6-9(12)2-3-10(11)14(15)16/h2-3,6,8H,4-5,7,12H2,1H3. The van der Waals surface area contributed by atoms with Crippen LogP contribution in [0.5, 0.6) is 0 Å². The van der Waals surface area contributed by atoms with Crippen molar-refractivity contribution in [3.63, 3.8) is 0 Å². The maximum Gasteiger partial charge on any atom is 0.292 e. The van der Waals surface area contributed by atoms with Crippen molar-refractivity contribution in [1.29, 1.82) is 0 Å². The highest BCUT2D eigenvalue weighted by atomic mass is 16.6. The Hall–Kier alpha value is -1.82.